The molecule has 1 aromatic carbocycles. The lowest BCUT2D eigenvalue weighted by Gasteiger charge is -2.34. The van der Waals surface area contributed by atoms with Crippen LogP contribution in [0, 0.1) is 0 Å². The van der Waals surface area contributed by atoms with E-state index in [9.17, 15) is 4.79 Å². The molecule has 1 aliphatic heterocycles. The third-order valence-electron chi connectivity index (χ3n) is 2.45. The molecule has 1 unspecified atom stereocenters. The highest BCUT2D eigenvalue weighted by molar-refractivity contribution is 5.79. The molecule has 3 heteroatoms. The molecule has 1 atom stereocenters. The minimum Gasteiger partial charge on any atom is -0.369 e. The van der Waals surface area contributed by atoms with Crippen LogP contribution in [0.2, 0.25) is 0 Å². The molecule has 0 aromatic heterocycles. The van der Waals surface area contributed by atoms with Crippen LogP contribution in [-0.4, -0.2) is 19.1 Å². The number of carbonyl (C=O) groups excluding carboxylic acids is 1. The van der Waals surface area contributed by atoms with Crippen LogP contribution in [-0.2, 0) is 15.1 Å². The minimum absolute atomic E-state index is 0.0531. The van der Waals surface area contributed by atoms with Gasteiger partial charge in [-0.3, -0.25) is 4.79 Å². The molecule has 1 fully saturated rings. The maximum absolute atomic E-state index is 11.2. The number of hydrogen-bond acceptors (Lipinski definition) is 2. The van der Waals surface area contributed by atoms with Gasteiger partial charge in [0.05, 0.1) is 12.1 Å². The van der Waals surface area contributed by atoms with Crippen molar-refractivity contribution in [3.63, 3.8) is 0 Å². The van der Waals surface area contributed by atoms with E-state index in [1.54, 1.807) is 0 Å². The van der Waals surface area contributed by atoms with Crippen LogP contribution < -0.4 is 5.32 Å². The zero-order valence-electron chi connectivity index (χ0n) is 8.12. The van der Waals surface area contributed by atoms with Crippen LogP contribution in [0.15, 0.2) is 30.3 Å². The Bertz CT molecular complexity index is 336. The molecule has 3 nitrogen and oxygen atoms in total. The highest BCUT2D eigenvalue weighted by atomic mass is 16.5. The number of benzene rings is 1. The van der Waals surface area contributed by atoms with E-state index >= 15 is 0 Å². The lowest BCUT2D eigenvalue weighted by atomic mass is 9.92. The van der Waals surface area contributed by atoms with Crippen molar-refractivity contribution in [2.45, 2.75) is 12.5 Å². The number of rotatable bonds is 1. The van der Waals surface area contributed by atoms with Crippen molar-refractivity contribution in [2.75, 3.05) is 13.2 Å². The first-order valence-electron chi connectivity index (χ1n) is 4.65. The number of nitrogens with one attached hydrogen (secondary N) is 1. The minimum atomic E-state index is -0.378. The number of ether oxygens (including phenoxy) is 1. The topological polar surface area (TPSA) is 38.3 Å². The van der Waals surface area contributed by atoms with Crippen molar-refractivity contribution < 1.29 is 9.53 Å². The van der Waals surface area contributed by atoms with E-state index in [0.717, 1.165) is 5.56 Å². The molecule has 0 saturated carbocycles. The highest BCUT2D eigenvalue weighted by Gasteiger charge is 2.32. The summed E-state index contributed by atoms with van der Waals surface area (Å²) in [5.41, 5.74) is 0.699. The molecule has 2 rings (SSSR count). The van der Waals surface area contributed by atoms with Gasteiger partial charge in [-0.1, -0.05) is 30.3 Å². The number of morpholine rings is 1. The summed E-state index contributed by atoms with van der Waals surface area (Å²) < 4.78 is 5.24. The fraction of sp³-hybridized carbons (Fsp3) is 0.364. The zero-order valence-corrected chi connectivity index (χ0v) is 8.12. The first-order valence-corrected chi connectivity index (χ1v) is 4.65. The lowest BCUT2D eigenvalue weighted by Crippen LogP contribution is -2.52. The van der Waals surface area contributed by atoms with Crippen LogP contribution in [0.5, 0.6) is 0 Å². The molecule has 0 aliphatic carbocycles. The summed E-state index contributed by atoms with van der Waals surface area (Å²) >= 11 is 0. The maximum Gasteiger partial charge on any atom is 0.246 e. The van der Waals surface area contributed by atoms with E-state index in [1.807, 2.05) is 37.3 Å². The van der Waals surface area contributed by atoms with E-state index in [-0.39, 0.29) is 18.1 Å². The molecule has 0 spiro atoms. The highest BCUT2D eigenvalue weighted by Crippen LogP contribution is 2.22. The summed E-state index contributed by atoms with van der Waals surface area (Å²) in [6, 6.07) is 9.87. The zero-order chi connectivity index (χ0) is 10.0. The second-order valence-electron chi connectivity index (χ2n) is 3.74. The fourth-order valence-electron chi connectivity index (χ4n) is 1.69. The summed E-state index contributed by atoms with van der Waals surface area (Å²) in [7, 11) is 0. The summed E-state index contributed by atoms with van der Waals surface area (Å²) in [4.78, 5) is 11.2. The van der Waals surface area contributed by atoms with E-state index in [1.165, 1.54) is 0 Å². The molecule has 1 amide bonds. The van der Waals surface area contributed by atoms with E-state index in [0.29, 0.717) is 6.61 Å². The van der Waals surface area contributed by atoms with Crippen LogP contribution in [0.25, 0.3) is 0 Å². The van der Waals surface area contributed by atoms with Gasteiger partial charge >= 0.3 is 0 Å². The molecule has 1 N–H and O–H groups in total. The van der Waals surface area contributed by atoms with Gasteiger partial charge in [0.2, 0.25) is 5.91 Å². The van der Waals surface area contributed by atoms with Gasteiger partial charge in [-0.2, -0.15) is 0 Å². The van der Waals surface area contributed by atoms with Gasteiger partial charge in [-0.25, -0.2) is 0 Å². The van der Waals surface area contributed by atoms with Gasteiger partial charge in [0, 0.05) is 0 Å². The van der Waals surface area contributed by atoms with Crippen molar-refractivity contribution in [3.8, 4) is 0 Å². The van der Waals surface area contributed by atoms with Gasteiger partial charge in [0.25, 0.3) is 0 Å². The molecular formula is C11H13NO2. The largest absolute Gasteiger partial charge is 0.369 e. The van der Waals surface area contributed by atoms with Crippen LogP contribution >= 0.6 is 0 Å². The van der Waals surface area contributed by atoms with E-state index in [4.69, 9.17) is 4.74 Å². The van der Waals surface area contributed by atoms with Crippen LogP contribution in [0.4, 0.5) is 0 Å². The molecule has 74 valence electrons. The van der Waals surface area contributed by atoms with Crippen LogP contribution in [0.1, 0.15) is 12.5 Å². The average Bonchev–Trinajstić information content (AvgIpc) is 2.19. The van der Waals surface area contributed by atoms with Crippen molar-refractivity contribution in [1.29, 1.82) is 0 Å². The molecule has 1 heterocycles. The van der Waals surface area contributed by atoms with Crippen molar-refractivity contribution in [3.05, 3.63) is 35.9 Å². The Morgan fingerprint density at radius 3 is 2.71 bits per heavy atom. The Balaban J connectivity index is 2.27. The lowest BCUT2D eigenvalue weighted by molar-refractivity contribution is -0.135. The van der Waals surface area contributed by atoms with Gasteiger partial charge < -0.3 is 10.1 Å². The second kappa shape index (κ2) is 3.42. The van der Waals surface area contributed by atoms with Crippen molar-refractivity contribution >= 4 is 5.91 Å². The SMILES string of the molecule is CC1(c2ccccc2)COCC(=O)N1. The Labute approximate surface area is 83.1 Å². The first kappa shape index (κ1) is 9.21. The third-order valence-corrected chi connectivity index (χ3v) is 2.45. The van der Waals surface area contributed by atoms with Gasteiger partial charge in [0.1, 0.15) is 6.61 Å². The van der Waals surface area contributed by atoms with Crippen molar-refractivity contribution in [2.24, 2.45) is 0 Å². The van der Waals surface area contributed by atoms with Crippen LogP contribution in [0.3, 0.4) is 0 Å². The maximum atomic E-state index is 11.2. The van der Waals surface area contributed by atoms with Gasteiger partial charge in [0.15, 0.2) is 0 Å². The first-order chi connectivity index (χ1) is 6.71. The average molecular weight is 191 g/mol. The van der Waals surface area contributed by atoms with E-state index in [2.05, 4.69) is 5.32 Å². The van der Waals surface area contributed by atoms with Gasteiger partial charge in [-0.05, 0) is 12.5 Å². The monoisotopic (exact) mass is 191 g/mol. The Kier molecular flexibility index (Phi) is 2.25. The second-order valence-corrected chi connectivity index (χ2v) is 3.74. The standard InChI is InChI=1S/C11H13NO2/c1-11(8-14-7-10(13)12-11)9-5-3-2-4-6-9/h2-6H,7-8H2,1H3,(H,12,13). The normalized spacial score (nSPS) is 27.1. The third kappa shape index (κ3) is 1.63. The summed E-state index contributed by atoms with van der Waals surface area (Å²) in [5, 5.41) is 2.95. The van der Waals surface area contributed by atoms with E-state index < -0.39 is 0 Å². The number of hydrogen-bond donors (Lipinski definition) is 1. The van der Waals surface area contributed by atoms with Gasteiger partial charge in [-0.15, -0.1) is 0 Å². The fourth-order valence-corrected chi connectivity index (χ4v) is 1.69. The number of amides is 1. The van der Waals surface area contributed by atoms with Crippen molar-refractivity contribution in [1.82, 2.24) is 5.32 Å². The Hall–Kier alpha value is -1.35. The molecule has 14 heavy (non-hydrogen) atoms. The predicted molar refractivity (Wildman–Crippen MR) is 52.8 cm³/mol. The summed E-state index contributed by atoms with van der Waals surface area (Å²) in [6.45, 7) is 2.67. The molecule has 1 aromatic rings. The predicted octanol–water partition coefficient (Wildman–Crippen LogP) is 1.05. The Morgan fingerprint density at radius 2 is 2.07 bits per heavy atom. The quantitative estimate of drug-likeness (QED) is 0.720. The molecule has 0 bridgehead atoms. The molecule has 1 aliphatic rings. The summed E-state index contributed by atoms with van der Waals surface area (Å²) in [5.74, 6) is -0.0531. The molecule has 0 radical (unpaired) electrons. The summed E-state index contributed by atoms with van der Waals surface area (Å²) in [6.07, 6.45) is 0. The smallest absolute Gasteiger partial charge is 0.246 e. The number of carbonyl (C=O) groups is 1. The molecular weight excluding hydrogens is 178 g/mol. The molecule has 1 saturated heterocycles. The Morgan fingerprint density at radius 1 is 1.36 bits per heavy atom.